The van der Waals surface area contributed by atoms with Crippen LogP contribution in [0.4, 0.5) is 0 Å². The van der Waals surface area contributed by atoms with Crippen molar-refractivity contribution < 1.29 is 4.74 Å². The summed E-state index contributed by atoms with van der Waals surface area (Å²) in [7, 11) is 0. The van der Waals surface area contributed by atoms with E-state index >= 15 is 0 Å². The number of hydrogen-bond donors (Lipinski definition) is 1. The second-order valence-electron chi connectivity index (χ2n) is 6.58. The highest BCUT2D eigenvalue weighted by Crippen LogP contribution is 2.26. The highest BCUT2D eigenvalue weighted by atomic mass is 16.5. The molecule has 1 N–H and O–H groups in total. The van der Waals surface area contributed by atoms with Crippen LogP contribution < -0.4 is 10.1 Å². The maximum absolute atomic E-state index is 5.57. The molecule has 2 aliphatic heterocycles. The molecule has 5 heteroatoms. The van der Waals surface area contributed by atoms with Crippen molar-refractivity contribution in [2.24, 2.45) is 0 Å². The molecule has 122 valence electrons. The Labute approximate surface area is 137 Å². The summed E-state index contributed by atoms with van der Waals surface area (Å²) in [5.41, 5.74) is 2.63. The third kappa shape index (κ3) is 2.98. The lowest BCUT2D eigenvalue weighted by Crippen LogP contribution is -2.22. The molecule has 2 aromatic rings. The third-order valence-electron chi connectivity index (χ3n) is 4.89. The highest BCUT2D eigenvalue weighted by Gasteiger charge is 2.19. The molecule has 0 bridgehead atoms. The Balaban J connectivity index is 1.44. The molecule has 0 saturated heterocycles. The third-order valence-corrected chi connectivity index (χ3v) is 4.89. The van der Waals surface area contributed by atoms with Gasteiger partial charge in [-0.2, -0.15) is 0 Å². The number of rotatable bonds is 4. The van der Waals surface area contributed by atoms with E-state index in [-0.39, 0.29) is 6.04 Å². The molecule has 0 unspecified atom stereocenters. The maximum Gasteiger partial charge on any atom is 0.149 e. The smallest absolute Gasteiger partial charge is 0.149 e. The minimum Gasteiger partial charge on any atom is -0.493 e. The van der Waals surface area contributed by atoms with Crippen molar-refractivity contribution in [3.8, 4) is 5.75 Å². The molecule has 2 aliphatic rings. The molecule has 0 spiro atoms. The number of ether oxygens (including phenoxy) is 1. The van der Waals surface area contributed by atoms with Gasteiger partial charge in [0, 0.05) is 25.9 Å². The summed E-state index contributed by atoms with van der Waals surface area (Å²) in [5, 5.41) is 12.4. The van der Waals surface area contributed by atoms with Crippen LogP contribution in [0, 0.1) is 0 Å². The molecule has 23 heavy (non-hydrogen) atoms. The van der Waals surface area contributed by atoms with Crippen molar-refractivity contribution in [2.75, 3.05) is 6.61 Å². The number of benzene rings is 1. The van der Waals surface area contributed by atoms with Crippen molar-refractivity contribution in [1.29, 1.82) is 0 Å². The normalized spacial score (nSPS) is 18.0. The van der Waals surface area contributed by atoms with Crippen LogP contribution in [0.25, 0.3) is 0 Å². The minimum atomic E-state index is 0.207. The van der Waals surface area contributed by atoms with Gasteiger partial charge in [-0.15, -0.1) is 10.2 Å². The molecule has 1 atom stereocenters. The van der Waals surface area contributed by atoms with E-state index in [0.717, 1.165) is 49.9 Å². The Morgan fingerprint density at radius 1 is 1.22 bits per heavy atom. The summed E-state index contributed by atoms with van der Waals surface area (Å²) >= 11 is 0. The first-order valence-corrected chi connectivity index (χ1v) is 8.71. The van der Waals surface area contributed by atoms with Crippen molar-refractivity contribution >= 4 is 0 Å². The van der Waals surface area contributed by atoms with E-state index in [1.807, 2.05) is 0 Å². The SMILES string of the molecule is C[C@@H](NCc1ccc2c(c1)CCO2)c1nnc2n1CCCCC2. The van der Waals surface area contributed by atoms with E-state index < -0.39 is 0 Å². The van der Waals surface area contributed by atoms with E-state index in [2.05, 4.69) is 45.2 Å². The fourth-order valence-corrected chi connectivity index (χ4v) is 3.54. The quantitative estimate of drug-likeness (QED) is 0.943. The van der Waals surface area contributed by atoms with Gasteiger partial charge in [-0.1, -0.05) is 18.6 Å². The van der Waals surface area contributed by atoms with Gasteiger partial charge in [0.15, 0.2) is 0 Å². The Hall–Kier alpha value is -1.88. The maximum atomic E-state index is 5.57. The van der Waals surface area contributed by atoms with Crippen LogP contribution in [0.3, 0.4) is 0 Å². The number of aryl methyl sites for hydroxylation is 1. The van der Waals surface area contributed by atoms with Gasteiger partial charge in [-0.05, 0) is 37.0 Å². The molecule has 0 fully saturated rings. The average molecular weight is 312 g/mol. The second kappa shape index (κ2) is 6.32. The van der Waals surface area contributed by atoms with Crippen molar-refractivity contribution in [2.45, 2.75) is 58.2 Å². The van der Waals surface area contributed by atoms with Crippen LogP contribution in [0.15, 0.2) is 18.2 Å². The molecule has 5 nitrogen and oxygen atoms in total. The molecule has 0 saturated carbocycles. The highest BCUT2D eigenvalue weighted by molar-refractivity contribution is 5.39. The molecule has 0 amide bonds. The zero-order chi connectivity index (χ0) is 15.6. The Morgan fingerprint density at radius 3 is 3.13 bits per heavy atom. The fourth-order valence-electron chi connectivity index (χ4n) is 3.54. The van der Waals surface area contributed by atoms with E-state index in [0.29, 0.717) is 0 Å². The molecular formula is C18H24N4O. The lowest BCUT2D eigenvalue weighted by molar-refractivity contribution is 0.357. The summed E-state index contributed by atoms with van der Waals surface area (Å²) in [5.74, 6) is 3.27. The van der Waals surface area contributed by atoms with Gasteiger partial charge in [0.1, 0.15) is 17.4 Å². The second-order valence-corrected chi connectivity index (χ2v) is 6.58. The van der Waals surface area contributed by atoms with Gasteiger partial charge in [0.05, 0.1) is 12.6 Å². The van der Waals surface area contributed by atoms with Gasteiger partial charge >= 0.3 is 0 Å². The van der Waals surface area contributed by atoms with E-state index in [9.17, 15) is 0 Å². The van der Waals surface area contributed by atoms with Gasteiger partial charge in [-0.3, -0.25) is 0 Å². The van der Waals surface area contributed by atoms with Crippen molar-refractivity contribution in [1.82, 2.24) is 20.1 Å². The molecular weight excluding hydrogens is 288 g/mol. The predicted octanol–water partition coefficient (Wildman–Crippen LogP) is 2.79. The summed E-state index contributed by atoms with van der Waals surface area (Å²) < 4.78 is 7.89. The number of nitrogens with one attached hydrogen (secondary N) is 1. The van der Waals surface area contributed by atoms with Crippen LogP contribution in [0.5, 0.6) is 5.75 Å². The zero-order valence-corrected chi connectivity index (χ0v) is 13.7. The van der Waals surface area contributed by atoms with Crippen molar-refractivity contribution in [3.63, 3.8) is 0 Å². The van der Waals surface area contributed by atoms with Crippen molar-refractivity contribution in [3.05, 3.63) is 41.0 Å². The Kier molecular flexibility index (Phi) is 4.04. The lowest BCUT2D eigenvalue weighted by Gasteiger charge is -2.15. The van der Waals surface area contributed by atoms with Crippen LogP contribution in [-0.4, -0.2) is 21.4 Å². The summed E-state index contributed by atoms with van der Waals surface area (Å²) in [6.07, 6.45) is 5.84. The molecule has 1 aromatic carbocycles. The van der Waals surface area contributed by atoms with Gasteiger partial charge in [0.25, 0.3) is 0 Å². The number of fused-ring (bicyclic) bond motifs is 2. The van der Waals surface area contributed by atoms with Gasteiger partial charge < -0.3 is 14.6 Å². The van der Waals surface area contributed by atoms with Crippen LogP contribution in [0.1, 0.15) is 55.0 Å². The molecule has 4 rings (SSSR count). The van der Waals surface area contributed by atoms with E-state index in [4.69, 9.17) is 4.74 Å². The Morgan fingerprint density at radius 2 is 2.17 bits per heavy atom. The molecule has 3 heterocycles. The fraction of sp³-hybridized carbons (Fsp3) is 0.556. The summed E-state index contributed by atoms with van der Waals surface area (Å²) in [4.78, 5) is 0. The summed E-state index contributed by atoms with van der Waals surface area (Å²) in [6.45, 7) is 4.89. The molecule has 0 aliphatic carbocycles. The molecule has 1 aromatic heterocycles. The first-order valence-electron chi connectivity index (χ1n) is 8.71. The largest absolute Gasteiger partial charge is 0.493 e. The van der Waals surface area contributed by atoms with Crippen LogP contribution in [-0.2, 0) is 25.9 Å². The first-order chi connectivity index (χ1) is 11.3. The van der Waals surface area contributed by atoms with Crippen LogP contribution in [0.2, 0.25) is 0 Å². The monoisotopic (exact) mass is 312 g/mol. The van der Waals surface area contributed by atoms with E-state index in [1.165, 1.54) is 30.4 Å². The topological polar surface area (TPSA) is 52.0 Å². The summed E-state index contributed by atoms with van der Waals surface area (Å²) in [6, 6.07) is 6.70. The Bertz CT molecular complexity index is 694. The molecule has 0 radical (unpaired) electrons. The standard InChI is InChI=1S/C18H24N4O/c1-13(18-21-20-17-5-3-2-4-9-22(17)18)19-12-14-6-7-16-15(11-14)8-10-23-16/h6-7,11,13,19H,2-5,8-10,12H2,1H3/t13-/m1/s1. The predicted molar refractivity (Wildman–Crippen MR) is 88.5 cm³/mol. The zero-order valence-electron chi connectivity index (χ0n) is 13.7. The number of hydrogen-bond acceptors (Lipinski definition) is 4. The van der Waals surface area contributed by atoms with Gasteiger partial charge in [0.2, 0.25) is 0 Å². The van der Waals surface area contributed by atoms with Gasteiger partial charge in [-0.25, -0.2) is 0 Å². The number of nitrogens with zero attached hydrogens (tertiary/aromatic N) is 3. The lowest BCUT2D eigenvalue weighted by atomic mass is 10.1. The average Bonchev–Trinajstić information content (AvgIpc) is 3.13. The first kappa shape index (κ1) is 14.7. The minimum absolute atomic E-state index is 0.207. The number of aromatic nitrogens is 3. The van der Waals surface area contributed by atoms with Crippen LogP contribution >= 0.6 is 0 Å². The van der Waals surface area contributed by atoms with E-state index in [1.54, 1.807) is 0 Å².